The van der Waals surface area contributed by atoms with Crippen molar-refractivity contribution in [2.45, 2.75) is 45.7 Å². The number of hydrogen-bond donors (Lipinski definition) is 1. The Kier molecular flexibility index (Phi) is 4.68. The second-order valence-electron chi connectivity index (χ2n) is 8.08. The van der Waals surface area contributed by atoms with E-state index in [4.69, 9.17) is 21.6 Å². The summed E-state index contributed by atoms with van der Waals surface area (Å²) >= 11 is 6.36. The van der Waals surface area contributed by atoms with Crippen molar-refractivity contribution in [3.8, 4) is 0 Å². The van der Waals surface area contributed by atoms with E-state index < -0.39 is 0 Å². The average Bonchev–Trinajstić information content (AvgIpc) is 3.25. The van der Waals surface area contributed by atoms with E-state index in [-0.39, 0.29) is 5.54 Å². The molecule has 1 fully saturated rings. The molecule has 1 aliphatic rings. The van der Waals surface area contributed by atoms with Gasteiger partial charge in [-0.25, -0.2) is 4.98 Å². The molecule has 7 heteroatoms. The lowest BCUT2D eigenvalue weighted by atomic mass is 10.1. The summed E-state index contributed by atoms with van der Waals surface area (Å²) in [4.78, 5) is 16.6. The molecule has 0 atom stereocenters. The first kappa shape index (κ1) is 18.0. The highest BCUT2D eigenvalue weighted by atomic mass is 35.5. The number of fused-ring (bicyclic) bond motifs is 1. The molecule has 6 nitrogen and oxygen atoms in total. The first-order valence-corrected chi connectivity index (χ1v) is 9.78. The summed E-state index contributed by atoms with van der Waals surface area (Å²) in [6, 6.07) is 7.88. The van der Waals surface area contributed by atoms with Gasteiger partial charge in [-0.3, -0.25) is 0 Å². The molecule has 142 valence electrons. The lowest BCUT2D eigenvalue weighted by Gasteiger charge is -2.23. The van der Waals surface area contributed by atoms with E-state index in [9.17, 15) is 0 Å². The van der Waals surface area contributed by atoms with Crippen LogP contribution >= 0.6 is 11.6 Å². The number of aromatic nitrogens is 4. The van der Waals surface area contributed by atoms with Gasteiger partial charge in [0.25, 0.3) is 0 Å². The van der Waals surface area contributed by atoms with Gasteiger partial charge in [0.1, 0.15) is 0 Å². The van der Waals surface area contributed by atoms with Gasteiger partial charge in [0.2, 0.25) is 5.95 Å². The first-order chi connectivity index (χ1) is 12.9. The van der Waals surface area contributed by atoms with Crippen molar-refractivity contribution in [1.82, 2.24) is 19.5 Å². The minimum absolute atomic E-state index is 0.121. The van der Waals surface area contributed by atoms with Crippen molar-refractivity contribution in [3.63, 3.8) is 0 Å². The summed E-state index contributed by atoms with van der Waals surface area (Å²) in [6.07, 6.45) is 4.21. The Labute approximate surface area is 164 Å². The summed E-state index contributed by atoms with van der Waals surface area (Å²) in [5, 5.41) is 4.16. The molecule has 4 rings (SSSR count). The van der Waals surface area contributed by atoms with Gasteiger partial charge in [-0.15, -0.1) is 0 Å². The number of halogens is 1. The van der Waals surface area contributed by atoms with E-state index in [0.717, 1.165) is 40.7 Å². The van der Waals surface area contributed by atoms with Crippen LogP contribution in [0.3, 0.4) is 0 Å². The highest BCUT2D eigenvalue weighted by Gasteiger charge is 2.22. The molecular weight excluding hydrogens is 360 g/mol. The molecule has 0 unspecified atom stereocenters. The van der Waals surface area contributed by atoms with Gasteiger partial charge >= 0.3 is 0 Å². The number of benzene rings is 1. The van der Waals surface area contributed by atoms with Crippen molar-refractivity contribution in [3.05, 3.63) is 41.2 Å². The number of nitrogens with one attached hydrogen (secondary N) is 1. The fraction of sp³-hybridized carbons (Fsp3) is 0.450. The summed E-state index contributed by atoms with van der Waals surface area (Å²) in [5.41, 5.74) is 2.61. The second-order valence-corrected chi connectivity index (χ2v) is 8.48. The summed E-state index contributed by atoms with van der Waals surface area (Å²) in [6.45, 7) is 8.98. The maximum absolute atomic E-state index is 6.36. The minimum Gasteiger partial charge on any atom is -0.355 e. The van der Waals surface area contributed by atoms with Crippen LogP contribution in [0.2, 0.25) is 5.02 Å². The fourth-order valence-electron chi connectivity index (χ4n) is 3.40. The average molecular weight is 385 g/mol. The van der Waals surface area contributed by atoms with Crippen molar-refractivity contribution < 1.29 is 0 Å². The summed E-state index contributed by atoms with van der Waals surface area (Å²) in [5.74, 6) is 1.56. The molecule has 1 aliphatic heterocycles. The SMILES string of the molecule is CC(C)(C)Nc1nc(N2CCCC2)c2ncn(Cc3ccccc3Cl)c2n1. The Morgan fingerprint density at radius 2 is 1.85 bits per heavy atom. The Hall–Kier alpha value is -2.34. The third kappa shape index (κ3) is 3.86. The molecule has 3 heterocycles. The smallest absolute Gasteiger partial charge is 0.227 e. The molecule has 0 aliphatic carbocycles. The topological polar surface area (TPSA) is 58.9 Å². The highest BCUT2D eigenvalue weighted by Crippen LogP contribution is 2.29. The molecule has 0 bridgehead atoms. The van der Waals surface area contributed by atoms with Crippen LogP contribution in [-0.4, -0.2) is 38.1 Å². The van der Waals surface area contributed by atoms with Crippen molar-refractivity contribution in [1.29, 1.82) is 0 Å². The van der Waals surface area contributed by atoms with Gasteiger partial charge in [-0.1, -0.05) is 29.8 Å². The van der Waals surface area contributed by atoms with Gasteiger partial charge < -0.3 is 14.8 Å². The quantitative estimate of drug-likeness (QED) is 0.725. The second kappa shape index (κ2) is 7.00. The Balaban J connectivity index is 1.80. The van der Waals surface area contributed by atoms with Crippen LogP contribution in [-0.2, 0) is 6.54 Å². The van der Waals surface area contributed by atoms with E-state index in [1.54, 1.807) is 0 Å². The van der Waals surface area contributed by atoms with Crippen molar-refractivity contribution >= 4 is 34.5 Å². The molecule has 1 N–H and O–H groups in total. The standard InChI is InChI=1S/C20H25ClN6/c1-20(2,3)25-19-23-17(26-10-6-7-11-26)16-18(24-19)27(13-22-16)12-14-8-4-5-9-15(14)21/h4-5,8-9,13H,6-7,10-12H2,1-3H3,(H,23,24,25). The van der Waals surface area contributed by atoms with Crippen LogP contribution < -0.4 is 10.2 Å². The third-order valence-corrected chi connectivity index (χ3v) is 5.01. The molecule has 27 heavy (non-hydrogen) atoms. The van der Waals surface area contributed by atoms with Crippen molar-refractivity contribution in [2.24, 2.45) is 0 Å². The Morgan fingerprint density at radius 1 is 1.11 bits per heavy atom. The predicted molar refractivity (Wildman–Crippen MR) is 111 cm³/mol. The molecule has 0 radical (unpaired) electrons. The molecule has 0 spiro atoms. The summed E-state index contributed by atoms with van der Waals surface area (Å²) < 4.78 is 2.05. The molecule has 2 aromatic heterocycles. The van der Waals surface area contributed by atoms with Crippen LogP contribution in [0.15, 0.2) is 30.6 Å². The molecule has 3 aromatic rings. The lowest BCUT2D eigenvalue weighted by Crippen LogP contribution is -2.28. The van der Waals surface area contributed by atoms with Crippen LogP contribution in [0.5, 0.6) is 0 Å². The number of nitrogens with zero attached hydrogens (tertiary/aromatic N) is 5. The summed E-state index contributed by atoms with van der Waals surface area (Å²) in [7, 11) is 0. The molecule has 0 saturated carbocycles. The molecule has 1 saturated heterocycles. The van der Waals surface area contributed by atoms with Gasteiger partial charge in [0, 0.05) is 23.7 Å². The third-order valence-electron chi connectivity index (χ3n) is 4.64. The van der Waals surface area contributed by atoms with E-state index in [0.29, 0.717) is 12.5 Å². The van der Waals surface area contributed by atoms with E-state index in [1.165, 1.54) is 12.8 Å². The van der Waals surface area contributed by atoms with E-state index in [1.807, 2.05) is 35.2 Å². The zero-order chi connectivity index (χ0) is 19.0. The molecular formula is C20H25ClN6. The van der Waals surface area contributed by atoms with Crippen LogP contribution in [0.4, 0.5) is 11.8 Å². The maximum Gasteiger partial charge on any atom is 0.227 e. The lowest BCUT2D eigenvalue weighted by molar-refractivity contribution is 0.626. The molecule has 0 amide bonds. The van der Waals surface area contributed by atoms with Crippen LogP contribution in [0.1, 0.15) is 39.2 Å². The number of hydrogen-bond acceptors (Lipinski definition) is 5. The molecule has 1 aromatic carbocycles. The number of rotatable bonds is 4. The largest absolute Gasteiger partial charge is 0.355 e. The Morgan fingerprint density at radius 3 is 2.56 bits per heavy atom. The van der Waals surface area contributed by atoms with E-state index >= 15 is 0 Å². The Bertz CT molecular complexity index is 953. The monoisotopic (exact) mass is 384 g/mol. The van der Waals surface area contributed by atoms with Gasteiger partial charge in [0.05, 0.1) is 12.9 Å². The maximum atomic E-state index is 6.36. The number of anilines is 2. The van der Waals surface area contributed by atoms with Crippen LogP contribution in [0, 0.1) is 0 Å². The highest BCUT2D eigenvalue weighted by molar-refractivity contribution is 6.31. The first-order valence-electron chi connectivity index (χ1n) is 9.40. The zero-order valence-electron chi connectivity index (χ0n) is 16.0. The zero-order valence-corrected chi connectivity index (χ0v) is 16.8. The van der Waals surface area contributed by atoms with Gasteiger partial charge in [-0.05, 0) is 45.2 Å². The normalized spacial score (nSPS) is 14.9. The fourth-order valence-corrected chi connectivity index (χ4v) is 3.59. The number of imidazole rings is 1. The minimum atomic E-state index is -0.121. The van der Waals surface area contributed by atoms with Gasteiger partial charge in [0.15, 0.2) is 17.0 Å². The van der Waals surface area contributed by atoms with Crippen molar-refractivity contribution in [2.75, 3.05) is 23.3 Å². The predicted octanol–water partition coefficient (Wildman–Crippen LogP) is 4.34. The van der Waals surface area contributed by atoms with Gasteiger partial charge in [-0.2, -0.15) is 9.97 Å². The van der Waals surface area contributed by atoms with Crippen LogP contribution in [0.25, 0.3) is 11.2 Å². The van der Waals surface area contributed by atoms with E-state index in [2.05, 4.69) is 36.0 Å².